The van der Waals surface area contributed by atoms with E-state index in [0.29, 0.717) is 12.4 Å². The second-order valence-corrected chi connectivity index (χ2v) is 8.15. The number of hydrogen-bond donors (Lipinski definition) is 1. The Hall–Kier alpha value is -2.96. The zero-order chi connectivity index (χ0) is 19.3. The first kappa shape index (κ1) is 17.2. The monoisotopic (exact) mass is 376 g/mol. The van der Waals surface area contributed by atoms with E-state index < -0.39 is 0 Å². The lowest BCUT2D eigenvalue weighted by Gasteiger charge is -2.40. The number of anilines is 1. The van der Waals surface area contributed by atoms with Crippen LogP contribution in [0.5, 0.6) is 0 Å². The minimum Gasteiger partial charge on any atom is -0.347 e. The van der Waals surface area contributed by atoms with Crippen LogP contribution >= 0.6 is 0 Å². The topological polar surface area (TPSA) is 78.0 Å². The average molecular weight is 376 g/mol. The molecule has 0 saturated carbocycles. The van der Waals surface area contributed by atoms with Crippen molar-refractivity contribution in [2.45, 2.75) is 31.1 Å². The first-order valence-corrected chi connectivity index (χ1v) is 9.83. The van der Waals surface area contributed by atoms with E-state index >= 15 is 0 Å². The predicted molar refractivity (Wildman–Crippen MR) is 108 cm³/mol. The van der Waals surface area contributed by atoms with E-state index in [2.05, 4.69) is 15.0 Å². The number of imidazole rings is 1. The number of aryl methyl sites for hydroxylation is 1. The van der Waals surface area contributed by atoms with Crippen LogP contribution in [0.25, 0.3) is 11.0 Å². The molecule has 1 N–H and O–H groups in total. The number of piperidine rings is 1. The third-order valence-corrected chi connectivity index (χ3v) is 6.08. The third kappa shape index (κ3) is 2.65. The standard InChI is InChI=1S/C21H24N6O/c1-26(2)20-22-12-14-8-10-21(17(14)25-20)9-5-11-27(13-21)19(28)18-23-15-6-3-4-7-16(15)24-18/h3-4,6-7,12H,5,8-11,13H2,1-2H3,(H,23,24). The summed E-state index contributed by atoms with van der Waals surface area (Å²) >= 11 is 0. The molecule has 3 aromatic rings. The molecule has 1 saturated heterocycles. The molecular formula is C21H24N6O. The van der Waals surface area contributed by atoms with Crippen molar-refractivity contribution in [1.82, 2.24) is 24.8 Å². The molecular weight excluding hydrogens is 352 g/mol. The van der Waals surface area contributed by atoms with Gasteiger partial charge in [-0.3, -0.25) is 4.79 Å². The number of H-pyrrole nitrogens is 1. The van der Waals surface area contributed by atoms with E-state index in [9.17, 15) is 4.79 Å². The molecule has 1 aliphatic heterocycles. The average Bonchev–Trinajstić information content (AvgIpc) is 3.29. The van der Waals surface area contributed by atoms with Gasteiger partial charge < -0.3 is 14.8 Å². The maximum atomic E-state index is 13.2. The molecule has 2 aliphatic rings. The van der Waals surface area contributed by atoms with Crippen molar-refractivity contribution in [1.29, 1.82) is 0 Å². The highest BCUT2D eigenvalue weighted by atomic mass is 16.2. The third-order valence-electron chi connectivity index (χ3n) is 6.08. The Bertz CT molecular complexity index is 1020. The summed E-state index contributed by atoms with van der Waals surface area (Å²) in [4.78, 5) is 34.1. The fourth-order valence-corrected chi connectivity index (χ4v) is 4.65. The van der Waals surface area contributed by atoms with E-state index in [1.54, 1.807) is 0 Å². The van der Waals surface area contributed by atoms with Crippen molar-refractivity contribution >= 4 is 22.9 Å². The Labute approximate surface area is 163 Å². The summed E-state index contributed by atoms with van der Waals surface area (Å²) in [6, 6.07) is 7.75. The Balaban J connectivity index is 1.46. The van der Waals surface area contributed by atoms with Crippen molar-refractivity contribution in [3.63, 3.8) is 0 Å². The van der Waals surface area contributed by atoms with Crippen LogP contribution in [0.15, 0.2) is 30.5 Å². The van der Waals surface area contributed by atoms with Crippen LogP contribution in [0.3, 0.4) is 0 Å². The molecule has 2 aromatic heterocycles. The van der Waals surface area contributed by atoms with Gasteiger partial charge in [-0.25, -0.2) is 15.0 Å². The number of para-hydroxylation sites is 2. The van der Waals surface area contributed by atoms with Gasteiger partial charge in [0.05, 0.1) is 16.7 Å². The molecule has 144 valence electrons. The van der Waals surface area contributed by atoms with Crippen molar-refractivity contribution in [3.8, 4) is 0 Å². The van der Waals surface area contributed by atoms with Crippen molar-refractivity contribution in [2.24, 2.45) is 0 Å². The number of carbonyl (C=O) groups is 1. The summed E-state index contributed by atoms with van der Waals surface area (Å²) in [6.45, 7) is 1.46. The summed E-state index contributed by atoms with van der Waals surface area (Å²) in [6.07, 6.45) is 6.01. The van der Waals surface area contributed by atoms with Crippen LogP contribution in [-0.2, 0) is 11.8 Å². The van der Waals surface area contributed by atoms with Gasteiger partial charge in [0.2, 0.25) is 5.95 Å². The van der Waals surface area contributed by atoms with E-state index in [4.69, 9.17) is 4.98 Å². The van der Waals surface area contributed by atoms with Gasteiger partial charge >= 0.3 is 0 Å². The van der Waals surface area contributed by atoms with E-state index in [1.807, 2.05) is 54.4 Å². The lowest BCUT2D eigenvalue weighted by atomic mass is 9.77. The molecule has 1 atom stereocenters. The first-order valence-electron chi connectivity index (χ1n) is 9.83. The molecule has 1 aliphatic carbocycles. The molecule has 5 rings (SSSR count). The summed E-state index contributed by atoms with van der Waals surface area (Å²) in [5, 5.41) is 0. The van der Waals surface area contributed by atoms with Gasteiger partial charge in [0, 0.05) is 38.8 Å². The van der Waals surface area contributed by atoms with Gasteiger partial charge in [-0.1, -0.05) is 12.1 Å². The molecule has 1 unspecified atom stereocenters. The Morgan fingerprint density at radius 2 is 2.07 bits per heavy atom. The Kier molecular flexibility index (Phi) is 3.86. The summed E-state index contributed by atoms with van der Waals surface area (Å²) in [5.74, 6) is 1.14. The van der Waals surface area contributed by atoms with E-state index in [0.717, 1.165) is 54.9 Å². The van der Waals surface area contributed by atoms with Gasteiger partial charge in [-0.05, 0) is 43.4 Å². The van der Waals surface area contributed by atoms with Gasteiger partial charge in [-0.15, -0.1) is 0 Å². The number of hydrogen-bond acceptors (Lipinski definition) is 5. The van der Waals surface area contributed by atoms with Crippen molar-refractivity contribution in [3.05, 3.63) is 47.5 Å². The molecule has 28 heavy (non-hydrogen) atoms. The second kappa shape index (κ2) is 6.29. The lowest BCUT2D eigenvalue weighted by Crippen LogP contribution is -2.48. The summed E-state index contributed by atoms with van der Waals surface area (Å²) in [5.41, 5.74) is 4.01. The lowest BCUT2D eigenvalue weighted by molar-refractivity contribution is 0.0622. The fourth-order valence-electron chi connectivity index (χ4n) is 4.65. The molecule has 1 amide bonds. The van der Waals surface area contributed by atoms with Crippen LogP contribution in [0.2, 0.25) is 0 Å². The molecule has 0 radical (unpaired) electrons. The number of fused-ring (bicyclic) bond motifs is 3. The molecule has 1 aromatic carbocycles. The van der Waals surface area contributed by atoms with Gasteiger partial charge in [-0.2, -0.15) is 0 Å². The maximum Gasteiger partial charge on any atom is 0.289 e. The van der Waals surface area contributed by atoms with Crippen LogP contribution in [0.4, 0.5) is 5.95 Å². The number of likely N-dealkylation sites (tertiary alicyclic amines) is 1. The predicted octanol–water partition coefficient (Wildman–Crippen LogP) is 2.54. The minimum atomic E-state index is -0.0665. The Morgan fingerprint density at radius 1 is 1.21 bits per heavy atom. The zero-order valence-corrected chi connectivity index (χ0v) is 16.3. The maximum absolute atomic E-state index is 13.2. The van der Waals surface area contributed by atoms with Gasteiger partial charge in [0.25, 0.3) is 5.91 Å². The number of nitrogens with one attached hydrogen (secondary N) is 1. The number of rotatable bonds is 2. The number of amides is 1. The minimum absolute atomic E-state index is 0.0226. The van der Waals surface area contributed by atoms with Crippen LogP contribution in [-0.4, -0.2) is 57.9 Å². The van der Waals surface area contributed by atoms with Gasteiger partial charge in [0.1, 0.15) is 0 Å². The first-order chi connectivity index (χ1) is 13.6. The smallest absolute Gasteiger partial charge is 0.289 e. The van der Waals surface area contributed by atoms with Crippen LogP contribution < -0.4 is 4.90 Å². The number of nitrogens with zero attached hydrogens (tertiary/aromatic N) is 5. The zero-order valence-electron chi connectivity index (χ0n) is 16.3. The molecule has 3 heterocycles. The van der Waals surface area contributed by atoms with E-state index in [-0.39, 0.29) is 11.3 Å². The molecule has 1 spiro atoms. The molecule has 7 nitrogen and oxygen atoms in total. The highest BCUT2D eigenvalue weighted by Gasteiger charge is 2.45. The number of carbonyl (C=O) groups excluding carboxylic acids is 1. The highest BCUT2D eigenvalue weighted by molar-refractivity contribution is 5.94. The number of aromatic nitrogens is 4. The van der Waals surface area contributed by atoms with E-state index in [1.165, 1.54) is 5.56 Å². The molecule has 0 bridgehead atoms. The highest BCUT2D eigenvalue weighted by Crippen LogP contribution is 2.44. The number of benzene rings is 1. The SMILES string of the molecule is CN(C)c1ncc2c(n1)C1(CCCN(C(=O)c3nc4ccccc4[nH]3)C1)CC2. The van der Waals surface area contributed by atoms with Crippen LogP contribution in [0.1, 0.15) is 41.1 Å². The normalized spacial score (nSPS) is 21.3. The van der Waals surface area contributed by atoms with Crippen molar-refractivity contribution in [2.75, 3.05) is 32.1 Å². The fraction of sp³-hybridized carbons (Fsp3) is 0.429. The number of aromatic amines is 1. The summed E-state index contributed by atoms with van der Waals surface area (Å²) in [7, 11) is 3.92. The summed E-state index contributed by atoms with van der Waals surface area (Å²) < 4.78 is 0. The largest absolute Gasteiger partial charge is 0.347 e. The molecule has 1 fully saturated rings. The van der Waals surface area contributed by atoms with Crippen molar-refractivity contribution < 1.29 is 4.79 Å². The Morgan fingerprint density at radius 3 is 2.89 bits per heavy atom. The molecule has 7 heteroatoms. The van der Waals surface area contributed by atoms with Crippen LogP contribution in [0, 0.1) is 0 Å². The quantitative estimate of drug-likeness (QED) is 0.744. The second-order valence-electron chi connectivity index (χ2n) is 8.15. The van der Waals surface area contributed by atoms with Gasteiger partial charge in [0.15, 0.2) is 5.82 Å².